The molecule has 4 radical (unpaired) electrons. The normalized spacial score (nSPS) is 16.6. The fourth-order valence-electron chi connectivity index (χ4n) is 4.45. The number of methoxy groups -OCH3 is 1. The van der Waals surface area contributed by atoms with Crippen LogP contribution in [0.3, 0.4) is 0 Å². The van der Waals surface area contributed by atoms with Crippen molar-refractivity contribution < 1.29 is 9.84 Å². The van der Waals surface area contributed by atoms with Crippen molar-refractivity contribution in [3.8, 4) is 22.9 Å². The topological polar surface area (TPSA) is 65.6 Å². The maximum atomic E-state index is 11.0. The van der Waals surface area contributed by atoms with Gasteiger partial charge in [0, 0.05) is 11.8 Å². The van der Waals surface area contributed by atoms with Crippen LogP contribution in [0, 0.1) is 11.3 Å². The van der Waals surface area contributed by atoms with Gasteiger partial charge in [0.25, 0.3) is 0 Å². The molecule has 0 heterocycles. The molecule has 170 valence electrons. The van der Waals surface area contributed by atoms with Crippen LogP contribution in [0.25, 0.3) is 11.1 Å². The molecule has 0 spiro atoms. The highest BCUT2D eigenvalue weighted by Crippen LogP contribution is 2.38. The summed E-state index contributed by atoms with van der Waals surface area (Å²) in [4.78, 5) is 4.66. The van der Waals surface area contributed by atoms with Gasteiger partial charge in [0.2, 0.25) is 0 Å². The molecular weight excluding hydrogens is 418 g/mol. The van der Waals surface area contributed by atoms with Crippen molar-refractivity contribution in [3.63, 3.8) is 0 Å². The second-order valence-corrected chi connectivity index (χ2v) is 8.72. The van der Waals surface area contributed by atoms with E-state index in [0.29, 0.717) is 41.0 Å². The van der Waals surface area contributed by atoms with Crippen LogP contribution in [0.15, 0.2) is 70.9 Å². The van der Waals surface area contributed by atoms with Gasteiger partial charge in [0.15, 0.2) is 0 Å². The third-order valence-corrected chi connectivity index (χ3v) is 6.42. The summed E-state index contributed by atoms with van der Waals surface area (Å²) < 4.78 is 5.56. The number of nitrogens with zero attached hydrogens (tertiary/aromatic N) is 2. The molecule has 1 aliphatic rings. The summed E-state index contributed by atoms with van der Waals surface area (Å²) in [6, 6.07) is 15.0. The zero-order chi connectivity index (χ0) is 24.8. The Labute approximate surface area is 205 Å². The lowest BCUT2D eigenvalue weighted by Gasteiger charge is -2.29. The number of benzene rings is 2. The van der Waals surface area contributed by atoms with Gasteiger partial charge >= 0.3 is 0 Å². The van der Waals surface area contributed by atoms with Gasteiger partial charge in [-0.3, -0.25) is 4.99 Å². The molecule has 2 aromatic rings. The quantitative estimate of drug-likeness (QED) is 0.438. The Morgan fingerprint density at radius 3 is 2.59 bits per heavy atom. The summed E-state index contributed by atoms with van der Waals surface area (Å²) in [5, 5.41) is 19.0. The predicted octanol–water partition coefficient (Wildman–Crippen LogP) is 5.34. The average molecular weight is 448 g/mol. The van der Waals surface area contributed by atoms with Gasteiger partial charge in [-0.1, -0.05) is 60.9 Å². The Morgan fingerprint density at radius 1 is 1.24 bits per heavy atom. The van der Waals surface area contributed by atoms with Gasteiger partial charge < -0.3 is 9.84 Å². The van der Waals surface area contributed by atoms with E-state index in [1.165, 1.54) is 0 Å². The SMILES string of the molecule is [B]C([B])(C(=C/C)/C=N/C(=C/CC)C1(O)CCCC1)c1ccc(OC)c(-c2cccc(C#N)c2)c1. The van der Waals surface area contributed by atoms with Gasteiger partial charge in [-0.05, 0) is 61.6 Å². The van der Waals surface area contributed by atoms with E-state index < -0.39 is 10.8 Å². The lowest BCUT2D eigenvalue weighted by atomic mass is 9.47. The largest absolute Gasteiger partial charge is 0.496 e. The molecule has 0 bridgehead atoms. The second kappa shape index (κ2) is 10.9. The molecule has 0 unspecified atom stereocenters. The monoisotopic (exact) mass is 448 g/mol. The highest BCUT2D eigenvalue weighted by atomic mass is 16.5. The molecule has 0 saturated heterocycles. The molecule has 0 atom stereocenters. The van der Waals surface area contributed by atoms with E-state index in [4.69, 9.17) is 20.4 Å². The van der Waals surface area contributed by atoms with Gasteiger partial charge in [0.1, 0.15) is 11.4 Å². The molecule has 6 heteroatoms. The first kappa shape index (κ1) is 25.6. The fourth-order valence-corrected chi connectivity index (χ4v) is 4.45. The van der Waals surface area contributed by atoms with Gasteiger partial charge in [0.05, 0.1) is 40.1 Å². The van der Waals surface area contributed by atoms with E-state index in [9.17, 15) is 10.4 Å². The fraction of sp³-hybridized carbons (Fsp3) is 0.357. The van der Waals surface area contributed by atoms with Crippen LogP contribution in [0.1, 0.15) is 57.1 Å². The summed E-state index contributed by atoms with van der Waals surface area (Å²) in [7, 11) is 15.0. The molecule has 1 fully saturated rings. The van der Waals surface area contributed by atoms with E-state index in [1.54, 1.807) is 25.5 Å². The number of rotatable bonds is 8. The molecule has 0 aliphatic heterocycles. The van der Waals surface area contributed by atoms with E-state index in [2.05, 4.69) is 11.1 Å². The minimum atomic E-state index is -1.33. The first-order chi connectivity index (χ1) is 16.3. The standard InChI is InChI=1S/C28H30B2N2O2/c1-4-9-26(27(33)14-6-7-15-27)32-19-22(5-2)28(29,30)23-12-13-25(34-3)24(17-23)21-11-8-10-20(16-21)18-31/h5,8-13,16-17,19,33H,4,6-7,14-15H2,1-3H3/b22-5+,26-9+,32-19+. The molecule has 1 saturated carbocycles. The zero-order valence-electron chi connectivity index (χ0n) is 20.2. The van der Waals surface area contributed by atoms with Gasteiger partial charge in [-0.15, -0.1) is 0 Å². The summed E-state index contributed by atoms with van der Waals surface area (Å²) >= 11 is 0. The third-order valence-electron chi connectivity index (χ3n) is 6.42. The van der Waals surface area contributed by atoms with Crippen molar-refractivity contribution >= 4 is 21.9 Å². The van der Waals surface area contributed by atoms with Crippen molar-refractivity contribution in [3.05, 3.63) is 77.0 Å². The molecule has 34 heavy (non-hydrogen) atoms. The van der Waals surface area contributed by atoms with E-state index in [0.717, 1.165) is 30.4 Å². The van der Waals surface area contributed by atoms with Crippen LogP contribution in [0.4, 0.5) is 0 Å². The molecule has 0 amide bonds. The van der Waals surface area contributed by atoms with Crippen LogP contribution in [-0.4, -0.2) is 39.7 Å². The molecule has 1 N–H and O–H groups in total. The minimum absolute atomic E-state index is 0.554. The number of aliphatic imine (C=N–C) groups is 1. The summed E-state index contributed by atoms with van der Waals surface area (Å²) in [5.41, 5.74) is 3.25. The summed E-state index contributed by atoms with van der Waals surface area (Å²) in [6.07, 6.45) is 9.65. The Balaban J connectivity index is 2.00. The number of nitriles is 1. The molecular formula is C28H30B2N2O2. The first-order valence-electron chi connectivity index (χ1n) is 11.7. The van der Waals surface area contributed by atoms with Crippen LogP contribution >= 0.6 is 0 Å². The highest BCUT2D eigenvalue weighted by Gasteiger charge is 2.35. The molecule has 1 aliphatic carbocycles. The Bertz CT molecular complexity index is 1150. The van der Waals surface area contributed by atoms with Crippen molar-refractivity contribution in [1.82, 2.24) is 0 Å². The lowest BCUT2D eigenvalue weighted by molar-refractivity contribution is 0.0848. The molecule has 0 aromatic heterocycles. The molecule has 2 aromatic carbocycles. The Kier molecular flexibility index (Phi) is 8.23. The van der Waals surface area contributed by atoms with Crippen LogP contribution in [0.5, 0.6) is 5.75 Å². The van der Waals surface area contributed by atoms with Crippen LogP contribution < -0.4 is 4.74 Å². The smallest absolute Gasteiger partial charge is 0.126 e. The van der Waals surface area contributed by atoms with E-state index in [-0.39, 0.29) is 0 Å². The lowest BCUT2D eigenvalue weighted by Crippen LogP contribution is -2.31. The average Bonchev–Trinajstić information content (AvgIpc) is 3.30. The Hall–Kier alpha value is -3.03. The highest BCUT2D eigenvalue weighted by molar-refractivity contribution is 6.44. The van der Waals surface area contributed by atoms with Crippen molar-refractivity contribution in [2.24, 2.45) is 4.99 Å². The van der Waals surface area contributed by atoms with E-state index in [1.807, 2.05) is 56.3 Å². The number of aliphatic hydroxyl groups is 1. The molecule has 3 rings (SSSR count). The van der Waals surface area contributed by atoms with Crippen LogP contribution in [-0.2, 0) is 5.21 Å². The maximum absolute atomic E-state index is 11.0. The van der Waals surface area contributed by atoms with Crippen LogP contribution in [0.2, 0.25) is 0 Å². The summed E-state index contributed by atoms with van der Waals surface area (Å²) in [6.45, 7) is 3.89. The second-order valence-electron chi connectivity index (χ2n) is 8.72. The summed E-state index contributed by atoms with van der Waals surface area (Å²) in [5.74, 6) is 0.655. The van der Waals surface area contributed by atoms with Gasteiger partial charge in [-0.25, -0.2) is 0 Å². The van der Waals surface area contributed by atoms with Crippen molar-refractivity contribution in [2.75, 3.05) is 7.11 Å². The number of allylic oxidation sites excluding steroid dienone is 3. The third kappa shape index (κ3) is 5.37. The first-order valence-corrected chi connectivity index (χ1v) is 11.7. The minimum Gasteiger partial charge on any atom is -0.496 e. The molecule has 4 nitrogen and oxygen atoms in total. The number of hydrogen-bond donors (Lipinski definition) is 1. The van der Waals surface area contributed by atoms with Gasteiger partial charge in [-0.2, -0.15) is 5.26 Å². The maximum Gasteiger partial charge on any atom is 0.126 e. The zero-order valence-corrected chi connectivity index (χ0v) is 20.2. The van der Waals surface area contributed by atoms with E-state index >= 15 is 0 Å². The number of ether oxygens (including phenoxy) is 1. The number of hydrogen-bond acceptors (Lipinski definition) is 4. The van der Waals surface area contributed by atoms with Crippen molar-refractivity contribution in [1.29, 1.82) is 5.26 Å². The van der Waals surface area contributed by atoms with Crippen molar-refractivity contribution in [2.45, 2.75) is 56.8 Å². The Morgan fingerprint density at radius 2 is 1.97 bits per heavy atom. The predicted molar refractivity (Wildman–Crippen MR) is 140 cm³/mol.